The highest BCUT2D eigenvalue weighted by atomic mass is 35.5. The Hall–Kier alpha value is -1.51. The molecule has 0 fully saturated rings. The van der Waals surface area contributed by atoms with Crippen LogP contribution in [0.3, 0.4) is 0 Å². The Bertz CT molecular complexity index is 494. The van der Waals surface area contributed by atoms with Crippen molar-refractivity contribution in [3.8, 4) is 5.75 Å². The van der Waals surface area contributed by atoms with Gasteiger partial charge in [-0.3, -0.25) is 0 Å². The van der Waals surface area contributed by atoms with Crippen LogP contribution < -0.4 is 4.74 Å². The molecule has 0 saturated heterocycles. The van der Waals surface area contributed by atoms with Gasteiger partial charge in [0.1, 0.15) is 5.75 Å². The maximum atomic E-state index is 9.17. The topological polar surface area (TPSA) is 29.5 Å². The average molecular weight is 263 g/mol. The number of hydrogen-bond acceptors (Lipinski definition) is 2. The third-order valence-corrected chi connectivity index (χ3v) is 2.96. The highest BCUT2D eigenvalue weighted by molar-refractivity contribution is 6.30. The molecule has 0 saturated carbocycles. The maximum Gasteiger partial charge on any atom is 0.124 e. The molecule has 3 heteroatoms. The Labute approximate surface area is 112 Å². The van der Waals surface area contributed by atoms with Gasteiger partial charge in [-0.2, -0.15) is 0 Å². The van der Waals surface area contributed by atoms with Crippen molar-refractivity contribution >= 4 is 11.6 Å². The molecule has 1 N–H and O–H groups in total. The molecule has 2 rings (SSSR count). The van der Waals surface area contributed by atoms with E-state index in [1.165, 1.54) is 5.56 Å². The van der Waals surface area contributed by atoms with Gasteiger partial charge in [-0.15, -0.1) is 0 Å². The predicted molar refractivity (Wildman–Crippen MR) is 73.0 cm³/mol. The van der Waals surface area contributed by atoms with Crippen molar-refractivity contribution in [3.63, 3.8) is 0 Å². The predicted octanol–water partition coefficient (Wildman–Crippen LogP) is 3.45. The molecule has 94 valence electrons. The van der Waals surface area contributed by atoms with Gasteiger partial charge in [-0.25, -0.2) is 0 Å². The second-order valence-electron chi connectivity index (χ2n) is 3.99. The lowest BCUT2D eigenvalue weighted by Crippen LogP contribution is -2.03. The summed E-state index contributed by atoms with van der Waals surface area (Å²) in [6, 6.07) is 15.2. The fourth-order valence-electron chi connectivity index (χ4n) is 1.71. The molecular formula is C15H15ClO2. The van der Waals surface area contributed by atoms with Crippen molar-refractivity contribution in [1.82, 2.24) is 0 Å². The monoisotopic (exact) mass is 262 g/mol. The molecule has 0 aromatic heterocycles. The second kappa shape index (κ2) is 6.43. The zero-order valence-electron chi connectivity index (χ0n) is 9.97. The van der Waals surface area contributed by atoms with E-state index in [0.717, 1.165) is 22.8 Å². The minimum absolute atomic E-state index is 0.00286. The van der Waals surface area contributed by atoms with Crippen molar-refractivity contribution in [2.75, 3.05) is 6.61 Å². The van der Waals surface area contributed by atoms with Gasteiger partial charge in [0.25, 0.3) is 0 Å². The van der Waals surface area contributed by atoms with Crippen LogP contribution in [0.2, 0.25) is 5.02 Å². The first kappa shape index (κ1) is 12.9. The van der Waals surface area contributed by atoms with Crippen molar-refractivity contribution < 1.29 is 9.84 Å². The largest absolute Gasteiger partial charge is 0.493 e. The number of benzene rings is 2. The van der Waals surface area contributed by atoms with Crippen molar-refractivity contribution in [3.05, 3.63) is 64.7 Å². The molecule has 0 unspecified atom stereocenters. The first-order chi connectivity index (χ1) is 8.79. The summed E-state index contributed by atoms with van der Waals surface area (Å²) in [7, 11) is 0. The van der Waals surface area contributed by atoms with Gasteiger partial charge in [0.15, 0.2) is 0 Å². The minimum atomic E-state index is -0.00286. The van der Waals surface area contributed by atoms with Crippen LogP contribution in [0.15, 0.2) is 48.5 Å². The maximum absolute atomic E-state index is 9.17. The van der Waals surface area contributed by atoms with Crippen LogP contribution in [0.25, 0.3) is 0 Å². The summed E-state index contributed by atoms with van der Waals surface area (Å²) in [6.45, 7) is 0.579. The summed E-state index contributed by atoms with van der Waals surface area (Å²) in [6.07, 6.45) is 0.816. The molecule has 0 amide bonds. The van der Waals surface area contributed by atoms with Crippen molar-refractivity contribution in [2.45, 2.75) is 13.0 Å². The standard InChI is InChI=1S/C15H15ClO2/c16-14-7-5-12(6-8-14)9-10-18-15-4-2-1-3-13(15)11-17/h1-8,17H,9-11H2. The lowest BCUT2D eigenvalue weighted by atomic mass is 10.1. The Morgan fingerprint density at radius 1 is 1.00 bits per heavy atom. The molecule has 0 heterocycles. The Morgan fingerprint density at radius 3 is 2.44 bits per heavy atom. The van der Waals surface area contributed by atoms with Gasteiger partial charge in [-0.05, 0) is 23.8 Å². The number of halogens is 1. The lowest BCUT2D eigenvalue weighted by molar-refractivity contribution is 0.264. The van der Waals surface area contributed by atoms with E-state index in [1.54, 1.807) is 0 Å². The van der Waals surface area contributed by atoms with Crippen LogP contribution in [-0.2, 0) is 13.0 Å². The summed E-state index contributed by atoms with van der Waals surface area (Å²) in [5.74, 6) is 0.744. The van der Waals surface area contributed by atoms with Gasteiger partial charge < -0.3 is 9.84 Å². The minimum Gasteiger partial charge on any atom is -0.493 e. The Morgan fingerprint density at radius 2 is 1.72 bits per heavy atom. The molecule has 0 aliphatic carbocycles. The van der Waals surface area contributed by atoms with Gasteiger partial charge in [0.05, 0.1) is 13.2 Å². The fraction of sp³-hybridized carbons (Fsp3) is 0.200. The normalized spacial score (nSPS) is 10.3. The van der Waals surface area contributed by atoms with E-state index in [-0.39, 0.29) is 6.61 Å². The van der Waals surface area contributed by atoms with Crippen molar-refractivity contribution in [2.24, 2.45) is 0 Å². The van der Waals surface area contributed by atoms with Crippen LogP contribution in [0.5, 0.6) is 5.75 Å². The average Bonchev–Trinajstić information content (AvgIpc) is 2.41. The summed E-state index contributed by atoms with van der Waals surface area (Å²) in [5, 5.41) is 9.91. The van der Waals surface area contributed by atoms with E-state index >= 15 is 0 Å². The van der Waals surface area contributed by atoms with Gasteiger partial charge in [0.2, 0.25) is 0 Å². The number of hydrogen-bond donors (Lipinski definition) is 1. The van der Waals surface area contributed by atoms with E-state index in [0.29, 0.717) is 6.61 Å². The highest BCUT2D eigenvalue weighted by Gasteiger charge is 2.01. The number of aliphatic hydroxyl groups excluding tert-OH is 1. The van der Waals surface area contributed by atoms with E-state index < -0.39 is 0 Å². The fourth-order valence-corrected chi connectivity index (χ4v) is 1.83. The molecule has 0 atom stereocenters. The molecule has 2 aromatic rings. The van der Waals surface area contributed by atoms with E-state index in [9.17, 15) is 5.11 Å². The van der Waals surface area contributed by atoms with E-state index in [1.807, 2.05) is 48.5 Å². The third-order valence-electron chi connectivity index (χ3n) is 2.70. The smallest absolute Gasteiger partial charge is 0.124 e. The molecule has 0 radical (unpaired) electrons. The Balaban J connectivity index is 1.90. The van der Waals surface area contributed by atoms with Gasteiger partial charge in [0, 0.05) is 17.0 Å². The van der Waals surface area contributed by atoms with Gasteiger partial charge in [-0.1, -0.05) is 41.9 Å². The van der Waals surface area contributed by atoms with E-state index in [4.69, 9.17) is 16.3 Å². The lowest BCUT2D eigenvalue weighted by Gasteiger charge is -2.09. The second-order valence-corrected chi connectivity index (χ2v) is 4.43. The first-order valence-corrected chi connectivity index (χ1v) is 6.23. The molecule has 2 nitrogen and oxygen atoms in total. The summed E-state index contributed by atoms with van der Waals surface area (Å²) < 4.78 is 5.67. The van der Waals surface area contributed by atoms with Crippen LogP contribution in [0, 0.1) is 0 Å². The summed E-state index contributed by atoms with van der Waals surface area (Å²) >= 11 is 5.82. The number of rotatable bonds is 5. The first-order valence-electron chi connectivity index (χ1n) is 5.85. The molecule has 0 aliphatic heterocycles. The zero-order valence-corrected chi connectivity index (χ0v) is 10.7. The molecule has 0 spiro atoms. The molecule has 2 aromatic carbocycles. The quantitative estimate of drug-likeness (QED) is 0.894. The van der Waals surface area contributed by atoms with Crippen LogP contribution in [0.4, 0.5) is 0 Å². The van der Waals surface area contributed by atoms with Crippen molar-refractivity contribution in [1.29, 1.82) is 0 Å². The van der Waals surface area contributed by atoms with E-state index in [2.05, 4.69) is 0 Å². The zero-order chi connectivity index (χ0) is 12.8. The summed E-state index contributed by atoms with van der Waals surface area (Å²) in [5.41, 5.74) is 1.99. The third kappa shape index (κ3) is 3.49. The SMILES string of the molecule is OCc1ccccc1OCCc1ccc(Cl)cc1. The highest BCUT2D eigenvalue weighted by Crippen LogP contribution is 2.18. The van der Waals surface area contributed by atoms with Crippen LogP contribution >= 0.6 is 11.6 Å². The number of aliphatic hydroxyl groups is 1. The number of ether oxygens (including phenoxy) is 1. The molecular weight excluding hydrogens is 248 g/mol. The summed E-state index contributed by atoms with van der Waals surface area (Å²) in [4.78, 5) is 0. The molecule has 18 heavy (non-hydrogen) atoms. The number of para-hydroxylation sites is 1. The molecule has 0 bridgehead atoms. The van der Waals surface area contributed by atoms with Crippen LogP contribution in [-0.4, -0.2) is 11.7 Å². The Kier molecular flexibility index (Phi) is 4.62. The van der Waals surface area contributed by atoms with Gasteiger partial charge >= 0.3 is 0 Å². The molecule has 0 aliphatic rings. The van der Waals surface area contributed by atoms with Crippen LogP contribution in [0.1, 0.15) is 11.1 Å².